The first-order valence-corrected chi connectivity index (χ1v) is 18.0. The fourth-order valence-corrected chi connectivity index (χ4v) is 7.62. The number of fused-ring (bicyclic) bond motifs is 5. The Balaban J connectivity index is 1.28. The largest absolute Gasteiger partial charge is 0.278 e. The Morgan fingerprint density at radius 2 is 0.811 bits per heavy atom. The highest BCUT2D eigenvalue weighted by molar-refractivity contribution is 6.21. The first-order valence-electron chi connectivity index (χ1n) is 18.0. The molecule has 0 N–H and O–H groups in total. The van der Waals surface area contributed by atoms with Gasteiger partial charge in [-0.25, -0.2) is 9.97 Å². The first kappa shape index (κ1) is 30.7. The van der Waals surface area contributed by atoms with Crippen LogP contribution in [0.2, 0.25) is 0 Å². The summed E-state index contributed by atoms with van der Waals surface area (Å²) >= 11 is 0. The fraction of sp³-hybridized carbons (Fsp3) is 0. The van der Waals surface area contributed by atoms with Crippen molar-refractivity contribution in [3.8, 4) is 61.8 Å². The van der Waals surface area contributed by atoms with E-state index in [2.05, 4.69) is 199 Å². The molecule has 0 unspecified atom stereocenters. The zero-order valence-corrected chi connectivity index (χ0v) is 28.9. The molecule has 10 aromatic rings. The van der Waals surface area contributed by atoms with Crippen LogP contribution in [0.25, 0.3) is 94.4 Å². The first-order chi connectivity index (χ1) is 26.3. The van der Waals surface area contributed by atoms with Crippen LogP contribution in [-0.2, 0) is 0 Å². The van der Waals surface area contributed by atoms with E-state index in [1.54, 1.807) is 0 Å². The molecule has 10 rings (SSSR count). The Kier molecular flexibility index (Phi) is 7.47. The van der Waals surface area contributed by atoms with E-state index >= 15 is 0 Å². The molecule has 0 amide bonds. The molecule has 2 heterocycles. The van der Waals surface area contributed by atoms with E-state index in [1.807, 2.05) is 6.07 Å². The lowest BCUT2D eigenvalue weighted by atomic mass is 9.94. The van der Waals surface area contributed by atoms with E-state index in [9.17, 15) is 0 Å². The van der Waals surface area contributed by atoms with E-state index < -0.39 is 0 Å². The summed E-state index contributed by atoms with van der Waals surface area (Å²) in [5.41, 5.74) is 12.8. The van der Waals surface area contributed by atoms with Crippen LogP contribution < -0.4 is 0 Å². The van der Waals surface area contributed by atoms with Crippen molar-refractivity contribution in [2.24, 2.45) is 0 Å². The van der Waals surface area contributed by atoms with Crippen molar-refractivity contribution >= 4 is 32.6 Å². The number of rotatable bonds is 6. The van der Waals surface area contributed by atoms with Gasteiger partial charge in [0.05, 0.1) is 22.4 Å². The molecule has 3 nitrogen and oxygen atoms in total. The van der Waals surface area contributed by atoms with Crippen LogP contribution >= 0.6 is 0 Å². The molecule has 0 saturated heterocycles. The lowest BCUT2D eigenvalue weighted by molar-refractivity contribution is 0.996. The van der Waals surface area contributed by atoms with E-state index in [1.165, 1.54) is 27.1 Å². The molecule has 0 bridgehead atoms. The summed E-state index contributed by atoms with van der Waals surface area (Å²) in [6.45, 7) is 0. The predicted octanol–water partition coefficient (Wildman–Crippen LogP) is 13.1. The zero-order chi connectivity index (χ0) is 35.1. The minimum atomic E-state index is 0.633. The maximum absolute atomic E-state index is 5.48. The van der Waals surface area contributed by atoms with Gasteiger partial charge >= 0.3 is 0 Å². The Morgan fingerprint density at radius 3 is 1.43 bits per heavy atom. The Hall–Kier alpha value is -7.10. The van der Waals surface area contributed by atoms with Crippen molar-refractivity contribution in [1.29, 1.82) is 0 Å². The molecule has 0 atom stereocenters. The van der Waals surface area contributed by atoms with Crippen LogP contribution in [0, 0.1) is 0 Å². The Morgan fingerprint density at radius 1 is 0.302 bits per heavy atom. The maximum Gasteiger partial charge on any atom is 0.235 e. The molecule has 0 spiro atoms. The van der Waals surface area contributed by atoms with E-state index in [0.29, 0.717) is 5.95 Å². The minimum absolute atomic E-state index is 0.633. The van der Waals surface area contributed by atoms with E-state index in [-0.39, 0.29) is 0 Å². The van der Waals surface area contributed by atoms with Gasteiger partial charge in [0, 0.05) is 21.9 Å². The lowest BCUT2D eigenvalue weighted by Crippen LogP contribution is -2.04. The third kappa shape index (κ3) is 5.56. The van der Waals surface area contributed by atoms with Gasteiger partial charge in [0.2, 0.25) is 5.95 Å². The summed E-state index contributed by atoms with van der Waals surface area (Å²) in [6.07, 6.45) is 0. The number of hydrogen-bond acceptors (Lipinski definition) is 2. The highest BCUT2D eigenvalue weighted by Gasteiger charge is 2.20. The minimum Gasteiger partial charge on any atom is -0.278 e. The van der Waals surface area contributed by atoms with Crippen LogP contribution in [-0.4, -0.2) is 14.5 Å². The molecule has 0 aliphatic rings. The summed E-state index contributed by atoms with van der Waals surface area (Å²) in [6, 6.07) is 71.0. The van der Waals surface area contributed by atoms with Crippen molar-refractivity contribution in [2.45, 2.75) is 0 Å². The second-order valence-corrected chi connectivity index (χ2v) is 13.4. The van der Waals surface area contributed by atoms with Gasteiger partial charge in [0.1, 0.15) is 0 Å². The highest BCUT2D eigenvalue weighted by Crippen LogP contribution is 2.40. The summed E-state index contributed by atoms with van der Waals surface area (Å²) in [5, 5.41) is 4.79. The molecule has 0 fully saturated rings. The average molecular weight is 676 g/mol. The number of benzene rings is 8. The summed E-state index contributed by atoms with van der Waals surface area (Å²) in [7, 11) is 0. The van der Waals surface area contributed by atoms with Gasteiger partial charge in [-0.1, -0.05) is 164 Å². The van der Waals surface area contributed by atoms with Gasteiger partial charge in [0.15, 0.2) is 0 Å². The fourth-order valence-electron chi connectivity index (χ4n) is 7.62. The highest BCUT2D eigenvalue weighted by atomic mass is 15.2. The van der Waals surface area contributed by atoms with Gasteiger partial charge in [-0.3, -0.25) is 4.57 Å². The molecule has 3 heteroatoms. The summed E-state index contributed by atoms with van der Waals surface area (Å²) < 4.78 is 2.26. The number of hydrogen-bond donors (Lipinski definition) is 0. The van der Waals surface area contributed by atoms with Gasteiger partial charge in [0.25, 0.3) is 0 Å². The van der Waals surface area contributed by atoms with Gasteiger partial charge in [-0.15, -0.1) is 0 Å². The maximum atomic E-state index is 5.48. The van der Waals surface area contributed by atoms with Crippen molar-refractivity contribution < 1.29 is 0 Å². The van der Waals surface area contributed by atoms with E-state index in [0.717, 1.165) is 61.4 Å². The molecule has 248 valence electrons. The van der Waals surface area contributed by atoms with Crippen LogP contribution in [0.1, 0.15) is 0 Å². The molecular weight excluding hydrogens is 643 g/mol. The molecular formula is C50H33N3. The molecule has 0 saturated carbocycles. The Labute approximate surface area is 308 Å². The topological polar surface area (TPSA) is 30.7 Å². The SMILES string of the molecule is c1ccc(-c2cc(-c3ccccc3)cc(-c3cc(-c4ccccc4)nc(-n4c5cc(-c6ccccc6)ccc5c5c6ccccc6ccc54)n3)c2)cc1. The van der Waals surface area contributed by atoms with Gasteiger partial charge < -0.3 is 0 Å². The molecule has 0 aliphatic carbocycles. The van der Waals surface area contributed by atoms with Gasteiger partial charge in [-0.05, 0) is 80.6 Å². The average Bonchev–Trinajstić information content (AvgIpc) is 3.59. The Bertz CT molecular complexity index is 2860. The lowest BCUT2D eigenvalue weighted by Gasteiger charge is -2.14. The second kappa shape index (κ2) is 12.9. The number of aromatic nitrogens is 3. The third-order valence-corrected chi connectivity index (χ3v) is 10.2. The van der Waals surface area contributed by atoms with Crippen LogP contribution in [0.5, 0.6) is 0 Å². The standard InChI is InChI=1S/C50H33N3/c1-5-15-34(16-6-1)39-25-27-44-48(32-39)53(47-28-26-37-21-13-14-24-43(37)49(44)47)50-51-45(38-22-11-4-12-23-38)33-46(52-50)42-30-40(35-17-7-2-8-18-35)29-41(31-42)36-19-9-3-10-20-36/h1-33H. The summed E-state index contributed by atoms with van der Waals surface area (Å²) in [4.78, 5) is 10.8. The van der Waals surface area contributed by atoms with Gasteiger partial charge in [-0.2, -0.15) is 0 Å². The van der Waals surface area contributed by atoms with Crippen molar-refractivity contribution in [1.82, 2.24) is 14.5 Å². The molecule has 0 radical (unpaired) electrons. The van der Waals surface area contributed by atoms with Crippen molar-refractivity contribution in [3.05, 3.63) is 200 Å². The predicted molar refractivity (Wildman–Crippen MR) is 221 cm³/mol. The third-order valence-electron chi connectivity index (χ3n) is 10.2. The molecule has 0 aliphatic heterocycles. The second-order valence-electron chi connectivity index (χ2n) is 13.4. The van der Waals surface area contributed by atoms with Crippen LogP contribution in [0.15, 0.2) is 200 Å². The van der Waals surface area contributed by atoms with E-state index in [4.69, 9.17) is 9.97 Å². The van der Waals surface area contributed by atoms with Crippen LogP contribution in [0.3, 0.4) is 0 Å². The number of nitrogens with zero attached hydrogens (tertiary/aromatic N) is 3. The van der Waals surface area contributed by atoms with Crippen LogP contribution in [0.4, 0.5) is 0 Å². The normalized spacial score (nSPS) is 11.4. The zero-order valence-electron chi connectivity index (χ0n) is 28.9. The quantitative estimate of drug-likeness (QED) is 0.176. The monoisotopic (exact) mass is 675 g/mol. The molecule has 2 aromatic heterocycles. The van der Waals surface area contributed by atoms with Crippen molar-refractivity contribution in [2.75, 3.05) is 0 Å². The molecule has 53 heavy (non-hydrogen) atoms. The van der Waals surface area contributed by atoms with Crippen molar-refractivity contribution in [3.63, 3.8) is 0 Å². The molecule has 8 aromatic carbocycles. The smallest absolute Gasteiger partial charge is 0.235 e. The summed E-state index contributed by atoms with van der Waals surface area (Å²) in [5.74, 6) is 0.633.